The summed E-state index contributed by atoms with van der Waals surface area (Å²) in [7, 11) is 3.35. The zero-order chi connectivity index (χ0) is 34.0. The normalized spacial score (nSPS) is 12.1. The summed E-state index contributed by atoms with van der Waals surface area (Å²) in [6, 6.07) is 7.56. The van der Waals surface area contributed by atoms with E-state index in [2.05, 4.69) is 62.4 Å². The SMILES string of the molecule is CC(C)C#CCOCCNC(=O)CCCOCCOCCO[C@H](COc1cccc(C(=O)NCCNC(C)C)c1)SSC(C)(C)C. The first-order valence-electron chi connectivity index (χ1n) is 16.1. The van der Waals surface area contributed by atoms with Gasteiger partial charge in [0.05, 0.1) is 33.0 Å². The van der Waals surface area contributed by atoms with E-state index in [0.29, 0.717) is 109 Å². The average Bonchev–Trinajstić information content (AvgIpc) is 3.00. The Hall–Kier alpha value is -1.98. The number of carbonyl (C=O) groups excluding carboxylic acids is 2. The summed E-state index contributed by atoms with van der Waals surface area (Å²) in [5.41, 5.74) is 0.333. The van der Waals surface area contributed by atoms with Crippen LogP contribution in [0.2, 0.25) is 0 Å². The fourth-order valence-electron chi connectivity index (χ4n) is 3.45. The van der Waals surface area contributed by atoms with Crippen molar-refractivity contribution in [2.75, 3.05) is 72.5 Å². The van der Waals surface area contributed by atoms with Crippen molar-refractivity contribution in [1.82, 2.24) is 16.0 Å². The van der Waals surface area contributed by atoms with Gasteiger partial charge in [0.2, 0.25) is 5.91 Å². The van der Waals surface area contributed by atoms with E-state index < -0.39 is 0 Å². The van der Waals surface area contributed by atoms with Gasteiger partial charge >= 0.3 is 0 Å². The molecule has 1 aromatic rings. The first-order chi connectivity index (χ1) is 22.0. The smallest absolute Gasteiger partial charge is 0.251 e. The lowest BCUT2D eigenvalue weighted by molar-refractivity contribution is -0.121. The minimum atomic E-state index is -0.222. The van der Waals surface area contributed by atoms with Gasteiger partial charge in [-0.25, -0.2) is 0 Å². The molecule has 12 heteroatoms. The number of hydrogen-bond acceptors (Lipinski definition) is 10. The molecule has 0 spiro atoms. The van der Waals surface area contributed by atoms with Gasteiger partial charge in [-0.1, -0.05) is 88.0 Å². The van der Waals surface area contributed by atoms with Crippen molar-refractivity contribution >= 4 is 33.4 Å². The zero-order valence-corrected chi connectivity index (χ0v) is 30.5. The Morgan fingerprint density at radius 3 is 2.35 bits per heavy atom. The maximum atomic E-state index is 12.5. The molecule has 1 aromatic carbocycles. The molecule has 0 aliphatic heterocycles. The van der Waals surface area contributed by atoms with Gasteiger partial charge in [-0.2, -0.15) is 0 Å². The molecule has 0 saturated carbocycles. The predicted molar refractivity (Wildman–Crippen MR) is 189 cm³/mol. The lowest BCUT2D eigenvalue weighted by Crippen LogP contribution is -2.34. The topological polar surface area (TPSA) is 116 Å². The summed E-state index contributed by atoms with van der Waals surface area (Å²) in [4.78, 5) is 24.4. The van der Waals surface area contributed by atoms with Crippen molar-refractivity contribution in [2.24, 2.45) is 5.92 Å². The zero-order valence-electron chi connectivity index (χ0n) is 28.9. The molecular weight excluding hydrogens is 627 g/mol. The van der Waals surface area contributed by atoms with E-state index in [1.54, 1.807) is 33.7 Å². The van der Waals surface area contributed by atoms with E-state index in [9.17, 15) is 9.59 Å². The van der Waals surface area contributed by atoms with Crippen LogP contribution in [0.3, 0.4) is 0 Å². The Balaban J connectivity index is 2.24. The number of hydrogen-bond donors (Lipinski definition) is 3. The highest BCUT2D eigenvalue weighted by Gasteiger charge is 2.18. The van der Waals surface area contributed by atoms with E-state index in [0.717, 1.165) is 0 Å². The molecule has 0 fully saturated rings. The third kappa shape index (κ3) is 25.2. The fourth-order valence-corrected chi connectivity index (χ4v) is 5.64. The molecule has 1 atom stereocenters. The lowest BCUT2D eigenvalue weighted by atomic mass is 10.2. The molecule has 0 aliphatic rings. The third-order valence-corrected chi connectivity index (χ3v) is 9.10. The first kappa shape index (κ1) is 42.0. The maximum absolute atomic E-state index is 12.5. The van der Waals surface area contributed by atoms with Crippen LogP contribution in [-0.4, -0.2) is 101 Å². The van der Waals surface area contributed by atoms with Gasteiger partial charge < -0.3 is 39.6 Å². The Morgan fingerprint density at radius 2 is 1.63 bits per heavy atom. The Bertz CT molecular complexity index is 1030. The number of carbonyl (C=O) groups is 2. The summed E-state index contributed by atoms with van der Waals surface area (Å²) in [6.45, 7) is 19.8. The highest BCUT2D eigenvalue weighted by molar-refractivity contribution is 8.77. The Morgan fingerprint density at radius 1 is 0.891 bits per heavy atom. The van der Waals surface area contributed by atoms with Crippen LogP contribution in [-0.2, 0) is 23.7 Å². The van der Waals surface area contributed by atoms with Crippen molar-refractivity contribution in [3.8, 4) is 17.6 Å². The second kappa shape index (κ2) is 26.0. The van der Waals surface area contributed by atoms with Gasteiger partial charge in [-0.15, -0.1) is 0 Å². The predicted octanol–water partition coefficient (Wildman–Crippen LogP) is 4.92. The summed E-state index contributed by atoms with van der Waals surface area (Å²) in [5.74, 6) is 6.77. The van der Waals surface area contributed by atoms with E-state index >= 15 is 0 Å². The monoisotopic (exact) mass is 683 g/mol. The van der Waals surface area contributed by atoms with Crippen LogP contribution in [0.15, 0.2) is 24.3 Å². The molecule has 0 bridgehead atoms. The Labute approximate surface area is 285 Å². The number of ether oxygens (including phenoxy) is 5. The molecule has 0 aromatic heterocycles. The molecule has 0 saturated heterocycles. The number of rotatable bonds is 25. The van der Waals surface area contributed by atoms with Crippen LogP contribution in [0.1, 0.15) is 71.7 Å². The molecule has 0 aliphatic carbocycles. The highest BCUT2D eigenvalue weighted by atomic mass is 33.1. The van der Waals surface area contributed by atoms with Crippen molar-refractivity contribution in [2.45, 2.75) is 77.5 Å². The third-order valence-electron chi connectivity index (χ3n) is 5.58. The van der Waals surface area contributed by atoms with Crippen LogP contribution >= 0.6 is 21.6 Å². The van der Waals surface area contributed by atoms with Crippen LogP contribution in [0, 0.1) is 17.8 Å². The Kier molecular flexibility index (Phi) is 23.8. The molecule has 2 amide bonds. The molecule has 10 nitrogen and oxygen atoms in total. The van der Waals surface area contributed by atoms with Crippen LogP contribution in [0.4, 0.5) is 0 Å². The number of amides is 2. The molecule has 0 heterocycles. The molecular formula is C34H57N3O7S2. The summed E-state index contributed by atoms with van der Waals surface area (Å²) < 4.78 is 28.8. The van der Waals surface area contributed by atoms with E-state index in [1.165, 1.54) is 0 Å². The van der Waals surface area contributed by atoms with Crippen molar-refractivity contribution in [1.29, 1.82) is 0 Å². The van der Waals surface area contributed by atoms with Crippen LogP contribution in [0.5, 0.6) is 5.75 Å². The van der Waals surface area contributed by atoms with Crippen molar-refractivity contribution in [3.63, 3.8) is 0 Å². The number of benzene rings is 1. The second-order valence-electron chi connectivity index (χ2n) is 12.0. The first-order valence-corrected chi connectivity index (χ1v) is 18.4. The molecule has 0 unspecified atom stereocenters. The highest BCUT2D eigenvalue weighted by Crippen LogP contribution is 2.38. The van der Waals surface area contributed by atoms with Crippen molar-refractivity contribution in [3.05, 3.63) is 29.8 Å². The van der Waals surface area contributed by atoms with E-state index in [1.807, 2.05) is 26.0 Å². The van der Waals surface area contributed by atoms with E-state index in [-0.39, 0.29) is 22.0 Å². The molecule has 0 radical (unpaired) electrons. The molecule has 262 valence electrons. The van der Waals surface area contributed by atoms with Gasteiger partial charge in [-0.05, 0) is 24.6 Å². The minimum Gasteiger partial charge on any atom is -0.490 e. The van der Waals surface area contributed by atoms with Crippen molar-refractivity contribution < 1.29 is 33.3 Å². The summed E-state index contributed by atoms with van der Waals surface area (Å²) >= 11 is 0. The summed E-state index contributed by atoms with van der Waals surface area (Å²) in [6.07, 6.45) is 1.05. The second-order valence-corrected chi connectivity index (χ2v) is 15.2. The quantitative estimate of drug-likeness (QED) is 0.0568. The van der Waals surface area contributed by atoms with Crippen LogP contribution in [0.25, 0.3) is 0 Å². The van der Waals surface area contributed by atoms with Gasteiger partial charge in [0.25, 0.3) is 5.91 Å². The standard InChI is InChI=1S/C34H57N3O7S2/c1-27(2)11-9-18-40-20-17-36-31(38)14-10-19-41-21-22-42-23-24-43-32(45-46-34(5,6)7)26-44-30-13-8-12-29(25-30)33(39)37-16-15-35-28(3)4/h8,12-13,25,27-28,32,35H,10,14-24,26H2,1-7H3,(H,36,38)(H,37,39)/t32-/m0/s1. The minimum absolute atomic E-state index is 0.0154. The van der Waals surface area contributed by atoms with Gasteiger partial charge in [0.15, 0.2) is 0 Å². The maximum Gasteiger partial charge on any atom is 0.251 e. The fraction of sp³-hybridized carbons (Fsp3) is 0.706. The lowest BCUT2D eigenvalue weighted by Gasteiger charge is -2.22. The largest absolute Gasteiger partial charge is 0.490 e. The van der Waals surface area contributed by atoms with Gasteiger partial charge in [0, 0.05) is 54.9 Å². The molecule has 3 N–H and O–H groups in total. The summed E-state index contributed by atoms with van der Waals surface area (Å²) in [5, 5.41) is 9.04. The van der Waals surface area contributed by atoms with Gasteiger partial charge in [-0.3, -0.25) is 9.59 Å². The van der Waals surface area contributed by atoms with E-state index in [4.69, 9.17) is 23.7 Å². The number of nitrogens with one attached hydrogen (secondary N) is 3. The average molecular weight is 684 g/mol. The van der Waals surface area contributed by atoms with Crippen LogP contribution < -0.4 is 20.7 Å². The molecule has 1 rings (SSSR count). The van der Waals surface area contributed by atoms with Gasteiger partial charge in [0.1, 0.15) is 24.4 Å². The molecule has 46 heavy (non-hydrogen) atoms.